The van der Waals surface area contributed by atoms with Crippen LogP contribution in [0.15, 0.2) is 48.7 Å². The summed E-state index contributed by atoms with van der Waals surface area (Å²) in [4.78, 5) is 27.0. The average molecular weight is 425 g/mol. The molecule has 0 fully saturated rings. The Labute approximate surface area is 180 Å². The second-order valence-electron chi connectivity index (χ2n) is 8.09. The van der Waals surface area contributed by atoms with E-state index in [2.05, 4.69) is 16.7 Å². The van der Waals surface area contributed by atoms with Crippen molar-refractivity contribution in [2.24, 2.45) is 13.0 Å². The summed E-state index contributed by atoms with van der Waals surface area (Å²) in [5.41, 5.74) is 3.47. The molecule has 30 heavy (non-hydrogen) atoms. The first kappa shape index (κ1) is 20.5. The molecular weight excluding hydrogens is 400 g/mol. The highest BCUT2D eigenvalue weighted by Crippen LogP contribution is 2.43. The topological polar surface area (TPSA) is 62.5 Å². The Morgan fingerprint density at radius 2 is 1.93 bits per heavy atom. The molecule has 4 rings (SSSR count). The number of nitrogens with zero attached hydrogens (tertiary/aromatic N) is 2. The first-order valence-electron chi connectivity index (χ1n) is 10.2. The van der Waals surface area contributed by atoms with E-state index in [1.165, 1.54) is 0 Å². The number of rotatable bonds is 5. The molecule has 1 aliphatic rings. The van der Waals surface area contributed by atoms with Gasteiger partial charge in [-0.25, -0.2) is 0 Å². The highest BCUT2D eigenvalue weighted by atomic mass is 35.5. The predicted octanol–water partition coefficient (Wildman–Crippen LogP) is 4.92. The molecule has 1 N–H and O–H groups in total. The maximum absolute atomic E-state index is 13.1. The summed E-state index contributed by atoms with van der Waals surface area (Å²) in [7, 11) is 3.71. The van der Waals surface area contributed by atoms with Gasteiger partial charge in [0.2, 0.25) is 0 Å². The van der Waals surface area contributed by atoms with Crippen LogP contribution in [0.1, 0.15) is 47.2 Å². The Morgan fingerprint density at radius 1 is 1.17 bits per heavy atom. The third-order valence-electron chi connectivity index (χ3n) is 6.29. The number of benzene rings is 2. The molecule has 0 saturated carbocycles. The van der Waals surface area contributed by atoms with Gasteiger partial charge >= 0.3 is 5.97 Å². The minimum atomic E-state index is -0.877. The van der Waals surface area contributed by atoms with Crippen molar-refractivity contribution in [2.75, 3.05) is 7.05 Å². The smallest absolute Gasteiger partial charge is 0.308 e. The third kappa shape index (κ3) is 3.27. The number of aryl methyl sites for hydroxylation is 1. The summed E-state index contributed by atoms with van der Waals surface area (Å²) in [6.07, 6.45) is 3.23. The zero-order valence-electron chi connectivity index (χ0n) is 17.3. The van der Waals surface area contributed by atoms with Crippen LogP contribution in [0.3, 0.4) is 0 Å². The number of amides is 1. The van der Waals surface area contributed by atoms with Crippen molar-refractivity contribution in [1.82, 2.24) is 9.47 Å². The van der Waals surface area contributed by atoms with Crippen molar-refractivity contribution in [3.63, 3.8) is 0 Å². The van der Waals surface area contributed by atoms with Gasteiger partial charge in [-0.1, -0.05) is 31.0 Å². The van der Waals surface area contributed by atoms with Crippen LogP contribution in [-0.4, -0.2) is 39.5 Å². The van der Waals surface area contributed by atoms with Crippen LogP contribution in [0.2, 0.25) is 5.02 Å². The summed E-state index contributed by atoms with van der Waals surface area (Å²) in [6, 6.07) is 13.0. The molecule has 3 atom stereocenters. The number of hydrogen-bond donors (Lipinski definition) is 1. The van der Waals surface area contributed by atoms with Gasteiger partial charge in [-0.15, -0.1) is 0 Å². The highest BCUT2D eigenvalue weighted by Gasteiger charge is 2.45. The summed E-state index contributed by atoms with van der Waals surface area (Å²) in [5, 5.41) is 11.7. The second-order valence-corrected chi connectivity index (χ2v) is 8.53. The zero-order chi connectivity index (χ0) is 21.6. The Hall–Kier alpha value is -2.79. The Balaban J connectivity index is 1.96. The van der Waals surface area contributed by atoms with E-state index in [-0.39, 0.29) is 11.8 Å². The van der Waals surface area contributed by atoms with Crippen LogP contribution >= 0.6 is 11.6 Å². The molecule has 0 aliphatic carbocycles. The van der Waals surface area contributed by atoms with Crippen LogP contribution in [0, 0.1) is 5.92 Å². The van der Waals surface area contributed by atoms with Crippen molar-refractivity contribution >= 4 is 34.4 Å². The monoisotopic (exact) mass is 424 g/mol. The van der Waals surface area contributed by atoms with E-state index in [1.807, 2.05) is 38.4 Å². The van der Waals surface area contributed by atoms with Crippen molar-refractivity contribution in [1.29, 1.82) is 0 Å². The van der Waals surface area contributed by atoms with Crippen molar-refractivity contribution in [3.05, 3.63) is 70.4 Å². The molecule has 0 saturated heterocycles. The molecule has 0 radical (unpaired) electrons. The standard InChI is InChI=1S/C24H25ClN2O3/c1-4-5-18(24(29)30)22-21(15-6-9-20-14(12-15)10-11-26(20)2)19-13-16(25)7-8-17(19)23(28)27(22)3/h6-13,18,21-22H,4-5H2,1-3H3,(H,29,30). The van der Waals surface area contributed by atoms with Gasteiger partial charge in [0.25, 0.3) is 5.91 Å². The number of halogens is 1. The molecule has 1 aromatic heterocycles. The molecule has 6 heteroatoms. The number of aliphatic carboxylic acids is 1. The van der Waals surface area contributed by atoms with Crippen LogP contribution in [0.4, 0.5) is 0 Å². The minimum Gasteiger partial charge on any atom is -0.481 e. The Bertz CT molecular complexity index is 1140. The number of carbonyl (C=O) groups is 2. The quantitative estimate of drug-likeness (QED) is 0.632. The van der Waals surface area contributed by atoms with Gasteiger partial charge < -0.3 is 14.6 Å². The fourth-order valence-electron chi connectivity index (χ4n) is 4.84. The fourth-order valence-corrected chi connectivity index (χ4v) is 5.02. The molecule has 0 bridgehead atoms. The summed E-state index contributed by atoms with van der Waals surface area (Å²) in [6.45, 7) is 1.97. The molecule has 156 valence electrons. The zero-order valence-corrected chi connectivity index (χ0v) is 18.1. The molecule has 2 aromatic carbocycles. The average Bonchev–Trinajstić information content (AvgIpc) is 3.09. The van der Waals surface area contributed by atoms with Crippen molar-refractivity contribution < 1.29 is 14.7 Å². The van der Waals surface area contributed by atoms with Gasteiger partial charge in [-0.05, 0) is 59.3 Å². The molecule has 1 amide bonds. The fraction of sp³-hybridized carbons (Fsp3) is 0.333. The maximum atomic E-state index is 13.1. The number of carboxylic acids is 1. The Morgan fingerprint density at radius 3 is 2.63 bits per heavy atom. The van der Waals surface area contributed by atoms with E-state index in [0.717, 1.165) is 28.5 Å². The predicted molar refractivity (Wildman–Crippen MR) is 118 cm³/mol. The van der Waals surface area contributed by atoms with E-state index >= 15 is 0 Å². The second kappa shape index (κ2) is 7.80. The van der Waals surface area contributed by atoms with E-state index in [0.29, 0.717) is 17.0 Å². The van der Waals surface area contributed by atoms with E-state index < -0.39 is 17.9 Å². The van der Waals surface area contributed by atoms with E-state index in [4.69, 9.17) is 11.6 Å². The van der Waals surface area contributed by atoms with Gasteiger partial charge in [0.05, 0.1) is 12.0 Å². The van der Waals surface area contributed by atoms with Gasteiger partial charge in [0, 0.05) is 42.3 Å². The third-order valence-corrected chi connectivity index (χ3v) is 6.52. The van der Waals surface area contributed by atoms with Crippen molar-refractivity contribution in [2.45, 2.75) is 31.7 Å². The summed E-state index contributed by atoms with van der Waals surface area (Å²) in [5.74, 6) is -1.99. The van der Waals surface area contributed by atoms with E-state index in [1.54, 1.807) is 24.1 Å². The molecule has 3 unspecified atom stereocenters. The van der Waals surface area contributed by atoms with Crippen LogP contribution in [-0.2, 0) is 11.8 Å². The van der Waals surface area contributed by atoms with Gasteiger partial charge in [-0.2, -0.15) is 0 Å². The lowest BCUT2D eigenvalue weighted by atomic mass is 9.73. The molecular formula is C24H25ClN2O3. The first-order valence-corrected chi connectivity index (χ1v) is 10.6. The summed E-state index contributed by atoms with van der Waals surface area (Å²) >= 11 is 6.32. The van der Waals surface area contributed by atoms with E-state index in [9.17, 15) is 14.7 Å². The number of carboxylic acid groups (broad SMARTS) is 1. The largest absolute Gasteiger partial charge is 0.481 e. The molecule has 5 nitrogen and oxygen atoms in total. The van der Waals surface area contributed by atoms with Gasteiger partial charge in [0.15, 0.2) is 0 Å². The maximum Gasteiger partial charge on any atom is 0.308 e. The van der Waals surface area contributed by atoms with Gasteiger partial charge in [0.1, 0.15) is 0 Å². The first-order chi connectivity index (χ1) is 14.3. The van der Waals surface area contributed by atoms with Crippen LogP contribution in [0.25, 0.3) is 10.9 Å². The molecule has 0 spiro atoms. The normalized spacial score (nSPS) is 19.7. The number of hydrogen-bond acceptors (Lipinski definition) is 2. The number of carbonyl (C=O) groups excluding carboxylic acids is 1. The molecule has 3 aromatic rings. The lowest BCUT2D eigenvalue weighted by Gasteiger charge is -2.43. The van der Waals surface area contributed by atoms with Crippen LogP contribution < -0.4 is 0 Å². The van der Waals surface area contributed by atoms with Gasteiger partial charge in [-0.3, -0.25) is 9.59 Å². The Kier molecular flexibility index (Phi) is 5.33. The lowest BCUT2D eigenvalue weighted by molar-refractivity contribution is -0.144. The summed E-state index contributed by atoms with van der Waals surface area (Å²) < 4.78 is 2.05. The molecule has 2 heterocycles. The minimum absolute atomic E-state index is 0.161. The van der Waals surface area contributed by atoms with Crippen LogP contribution in [0.5, 0.6) is 0 Å². The van der Waals surface area contributed by atoms with Crippen molar-refractivity contribution in [3.8, 4) is 0 Å². The SMILES string of the molecule is CCCC(C(=O)O)C1C(c2ccc3c(ccn3C)c2)c2cc(Cl)ccc2C(=O)N1C. The molecule has 1 aliphatic heterocycles. The lowest BCUT2D eigenvalue weighted by Crippen LogP contribution is -2.52. The number of likely N-dealkylation sites (N-methyl/N-ethyl adjacent to an activating group) is 1. The number of fused-ring (bicyclic) bond motifs is 2. The number of aromatic nitrogens is 1. The highest BCUT2D eigenvalue weighted by molar-refractivity contribution is 6.30.